The summed E-state index contributed by atoms with van der Waals surface area (Å²) in [5, 5.41) is 0. The minimum absolute atomic E-state index is 0.232. The van der Waals surface area contributed by atoms with E-state index < -0.39 is 0 Å². The van der Waals surface area contributed by atoms with Crippen LogP contribution in [0.2, 0.25) is 0 Å². The maximum absolute atomic E-state index is 11.3. The van der Waals surface area contributed by atoms with E-state index in [1.165, 1.54) is 7.11 Å². The third-order valence-corrected chi connectivity index (χ3v) is 2.61. The second-order valence-electron chi connectivity index (χ2n) is 4.28. The summed E-state index contributed by atoms with van der Waals surface area (Å²) in [5.41, 5.74) is 3.10. The lowest BCUT2D eigenvalue weighted by molar-refractivity contribution is -0.139. The van der Waals surface area contributed by atoms with Crippen LogP contribution in [0.1, 0.15) is 24.5 Å². The number of esters is 1. The standard InChI is InChI=1S/C15H20O3/c1-12(2)8-9-18-11-14-7-5-4-6-13(14)10-15(16)17-3/h4-7H,1,8-11H2,2-3H3. The van der Waals surface area contributed by atoms with Gasteiger partial charge in [-0.2, -0.15) is 0 Å². The first-order chi connectivity index (χ1) is 8.63. The number of rotatable bonds is 7. The van der Waals surface area contributed by atoms with Crippen molar-refractivity contribution in [1.82, 2.24) is 0 Å². The summed E-state index contributed by atoms with van der Waals surface area (Å²) in [5.74, 6) is -0.232. The van der Waals surface area contributed by atoms with Crippen LogP contribution < -0.4 is 0 Å². The van der Waals surface area contributed by atoms with Gasteiger partial charge in [0.2, 0.25) is 0 Å². The molecule has 0 aliphatic carbocycles. The molecule has 0 spiro atoms. The van der Waals surface area contributed by atoms with Gasteiger partial charge in [-0.25, -0.2) is 0 Å². The summed E-state index contributed by atoms with van der Waals surface area (Å²) in [6, 6.07) is 7.75. The molecule has 0 N–H and O–H groups in total. The first-order valence-electron chi connectivity index (χ1n) is 5.99. The Hall–Kier alpha value is -1.61. The molecule has 0 heterocycles. The summed E-state index contributed by atoms with van der Waals surface area (Å²) in [6.07, 6.45) is 1.15. The van der Waals surface area contributed by atoms with E-state index in [0.29, 0.717) is 13.2 Å². The monoisotopic (exact) mass is 248 g/mol. The second-order valence-corrected chi connectivity index (χ2v) is 4.28. The molecule has 0 saturated carbocycles. The van der Waals surface area contributed by atoms with Crippen molar-refractivity contribution < 1.29 is 14.3 Å². The van der Waals surface area contributed by atoms with E-state index in [0.717, 1.165) is 23.1 Å². The Labute approximate surface area is 108 Å². The van der Waals surface area contributed by atoms with Crippen LogP contribution in [0.15, 0.2) is 36.4 Å². The molecule has 98 valence electrons. The number of hydrogen-bond acceptors (Lipinski definition) is 3. The van der Waals surface area contributed by atoms with Crippen LogP contribution in [-0.4, -0.2) is 19.7 Å². The van der Waals surface area contributed by atoms with Crippen LogP contribution >= 0.6 is 0 Å². The van der Waals surface area contributed by atoms with Crippen LogP contribution in [0.3, 0.4) is 0 Å². The van der Waals surface area contributed by atoms with E-state index in [4.69, 9.17) is 4.74 Å². The molecule has 0 aliphatic rings. The molecule has 0 aliphatic heterocycles. The molecular formula is C15H20O3. The summed E-state index contributed by atoms with van der Waals surface area (Å²) in [6.45, 7) is 6.98. The zero-order valence-corrected chi connectivity index (χ0v) is 11.1. The molecule has 0 atom stereocenters. The van der Waals surface area contributed by atoms with Crippen molar-refractivity contribution in [2.75, 3.05) is 13.7 Å². The highest BCUT2D eigenvalue weighted by molar-refractivity contribution is 5.72. The van der Waals surface area contributed by atoms with Crippen LogP contribution in [-0.2, 0) is 27.3 Å². The number of hydrogen-bond donors (Lipinski definition) is 0. The zero-order valence-electron chi connectivity index (χ0n) is 11.1. The molecule has 1 aromatic rings. The van der Waals surface area contributed by atoms with Crippen molar-refractivity contribution >= 4 is 5.97 Å². The highest BCUT2D eigenvalue weighted by Crippen LogP contribution is 2.12. The van der Waals surface area contributed by atoms with Crippen molar-refractivity contribution in [2.24, 2.45) is 0 Å². The molecule has 0 bridgehead atoms. The van der Waals surface area contributed by atoms with E-state index in [2.05, 4.69) is 11.3 Å². The lowest BCUT2D eigenvalue weighted by Crippen LogP contribution is -2.07. The maximum Gasteiger partial charge on any atom is 0.309 e. The van der Waals surface area contributed by atoms with Gasteiger partial charge in [0.1, 0.15) is 0 Å². The van der Waals surface area contributed by atoms with E-state index in [1.54, 1.807) is 0 Å². The molecular weight excluding hydrogens is 228 g/mol. The lowest BCUT2D eigenvalue weighted by atomic mass is 10.1. The average molecular weight is 248 g/mol. The van der Waals surface area contributed by atoms with Gasteiger partial charge in [-0.1, -0.05) is 29.8 Å². The van der Waals surface area contributed by atoms with Crippen molar-refractivity contribution in [3.8, 4) is 0 Å². The van der Waals surface area contributed by atoms with Gasteiger partial charge < -0.3 is 9.47 Å². The Morgan fingerprint density at radius 1 is 1.28 bits per heavy atom. The smallest absolute Gasteiger partial charge is 0.309 e. The minimum atomic E-state index is -0.232. The van der Waals surface area contributed by atoms with Gasteiger partial charge in [-0.05, 0) is 24.5 Å². The Kier molecular flexibility index (Phi) is 6.15. The topological polar surface area (TPSA) is 35.5 Å². The first kappa shape index (κ1) is 14.5. The van der Waals surface area contributed by atoms with E-state index >= 15 is 0 Å². The quantitative estimate of drug-likeness (QED) is 0.423. The van der Waals surface area contributed by atoms with E-state index in [1.807, 2.05) is 31.2 Å². The molecule has 3 heteroatoms. The molecule has 0 amide bonds. The van der Waals surface area contributed by atoms with E-state index in [9.17, 15) is 4.79 Å². The fourth-order valence-electron chi connectivity index (χ4n) is 1.53. The van der Waals surface area contributed by atoms with Gasteiger partial charge in [0.05, 0.1) is 26.7 Å². The Morgan fingerprint density at radius 3 is 2.56 bits per heavy atom. The fraction of sp³-hybridized carbons (Fsp3) is 0.400. The van der Waals surface area contributed by atoms with Crippen LogP contribution in [0.5, 0.6) is 0 Å². The van der Waals surface area contributed by atoms with Crippen molar-refractivity contribution in [3.63, 3.8) is 0 Å². The molecule has 0 fully saturated rings. The lowest BCUT2D eigenvalue weighted by Gasteiger charge is -2.09. The maximum atomic E-state index is 11.3. The second kappa shape index (κ2) is 7.67. The normalized spacial score (nSPS) is 10.1. The van der Waals surface area contributed by atoms with Crippen molar-refractivity contribution in [3.05, 3.63) is 47.5 Å². The fourth-order valence-corrected chi connectivity index (χ4v) is 1.53. The predicted molar refractivity (Wildman–Crippen MR) is 71.2 cm³/mol. The van der Waals surface area contributed by atoms with Gasteiger partial charge >= 0.3 is 5.97 Å². The van der Waals surface area contributed by atoms with Gasteiger partial charge in [0, 0.05) is 0 Å². The molecule has 0 unspecified atom stereocenters. The van der Waals surface area contributed by atoms with E-state index in [-0.39, 0.29) is 12.4 Å². The Bertz CT molecular complexity index is 410. The predicted octanol–water partition coefficient (Wildman–Crippen LogP) is 2.88. The third kappa shape index (κ3) is 5.15. The van der Waals surface area contributed by atoms with Gasteiger partial charge in [0.15, 0.2) is 0 Å². The van der Waals surface area contributed by atoms with Gasteiger partial charge in [0.25, 0.3) is 0 Å². The molecule has 0 saturated heterocycles. The zero-order chi connectivity index (χ0) is 13.4. The highest BCUT2D eigenvalue weighted by Gasteiger charge is 2.07. The molecule has 0 radical (unpaired) electrons. The Morgan fingerprint density at radius 2 is 1.94 bits per heavy atom. The van der Waals surface area contributed by atoms with Crippen molar-refractivity contribution in [1.29, 1.82) is 0 Å². The van der Waals surface area contributed by atoms with Crippen LogP contribution in [0, 0.1) is 0 Å². The number of benzene rings is 1. The number of methoxy groups -OCH3 is 1. The van der Waals surface area contributed by atoms with Crippen molar-refractivity contribution in [2.45, 2.75) is 26.4 Å². The van der Waals surface area contributed by atoms with Crippen LogP contribution in [0.4, 0.5) is 0 Å². The number of carbonyl (C=O) groups excluding carboxylic acids is 1. The SMILES string of the molecule is C=C(C)CCOCc1ccccc1CC(=O)OC. The summed E-state index contributed by atoms with van der Waals surface area (Å²) < 4.78 is 10.2. The first-order valence-corrected chi connectivity index (χ1v) is 5.99. The largest absolute Gasteiger partial charge is 0.469 e. The van der Waals surface area contributed by atoms with Gasteiger partial charge in [-0.15, -0.1) is 6.58 Å². The summed E-state index contributed by atoms with van der Waals surface area (Å²) in [7, 11) is 1.40. The minimum Gasteiger partial charge on any atom is -0.469 e. The third-order valence-electron chi connectivity index (χ3n) is 2.61. The molecule has 1 rings (SSSR count). The number of ether oxygens (including phenoxy) is 2. The highest BCUT2D eigenvalue weighted by atomic mass is 16.5. The average Bonchev–Trinajstić information content (AvgIpc) is 2.36. The molecule has 18 heavy (non-hydrogen) atoms. The van der Waals surface area contributed by atoms with Gasteiger partial charge in [-0.3, -0.25) is 4.79 Å². The van der Waals surface area contributed by atoms with Crippen LogP contribution in [0.25, 0.3) is 0 Å². The molecule has 1 aromatic carbocycles. The molecule has 0 aromatic heterocycles. The molecule has 3 nitrogen and oxygen atoms in total. The summed E-state index contributed by atoms with van der Waals surface area (Å²) in [4.78, 5) is 11.3. The Balaban J connectivity index is 2.53. The summed E-state index contributed by atoms with van der Waals surface area (Å²) >= 11 is 0. The number of carbonyl (C=O) groups is 1.